The summed E-state index contributed by atoms with van der Waals surface area (Å²) in [5.74, 6) is 0. The van der Waals surface area contributed by atoms with Crippen LogP contribution in [0.1, 0.15) is 32.1 Å². The van der Waals surface area contributed by atoms with Gasteiger partial charge < -0.3 is 5.32 Å². The average molecular weight is 500 g/mol. The van der Waals surface area contributed by atoms with E-state index in [1.54, 1.807) is 9.12 Å². The fraction of sp³-hybridized carbons (Fsp3) is 0.273. The monoisotopic (exact) mass is 500 g/mol. The highest BCUT2D eigenvalue weighted by Crippen LogP contribution is 2.36. The second-order valence-corrected chi connectivity index (χ2v) is 9.09. The van der Waals surface area contributed by atoms with Crippen LogP contribution in [0.15, 0.2) is 55.0 Å². The molecule has 0 atom stereocenters. The predicted molar refractivity (Wildman–Crippen MR) is 128 cm³/mol. The van der Waals surface area contributed by atoms with E-state index in [0.717, 1.165) is 11.2 Å². The average Bonchev–Trinajstić information content (AvgIpc) is 3.13. The number of hydrogen-bond acceptors (Lipinski definition) is 4. The molecule has 4 nitrogen and oxygen atoms in total. The van der Waals surface area contributed by atoms with Gasteiger partial charge in [-0.05, 0) is 48.7 Å². The third-order valence-corrected chi connectivity index (χ3v) is 7.32. The number of benzene rings is 1. The number of rotatable bonds is 4. The van der Waals surface area contributed by atoms with Gasteiger partial charge in [0, 0.05) is 77.0 Å². The molecule has 1 N–H and O–H groups in total. The zero-order chi connectivity index (χ0) is 18.9. The van der Waals surface area contributed by atoms with Crippen molar-refractivity contribution < 1.29 is 0 Å². The minimum absolute atomic E-state index is 0.574. The van der Waals surface area contributed by atoms with E-state index in [9.17, 15) is 0 Å². The van der Waals surface area contributed by atoms with E-state index >= 15 is 0 Å². The summed E-state index contributed by atoms with van der Waals surface area (Å²) in [6.07, 6.45) is 12.5. The molecule has 6 heteroatoms. The van der Waals surface area contributed by atoms with Gasteiger partial charge in [0.1, 0.15) is 0 Å². The number of fused-ring (bicyclic) bond motifs is 2. The quantitative estimate of drug-likeness (QED) is 0.312. The number of aromatic nitrogens is 3. The number of nitrogens with one attached hydrogen (secondary N) is 1. The zero-order valence-corrected chi connectivity index (χ0v) is 18.4. The Labute approximate surface area is 180 Å². The molecule has 1 fully saturated rings. The van der Waals surface area contributed by atoms with E-state index in [1.807, 2.05) is 18.5 Å². The van der Waals surface area contributed by atoms with Gasteiger partial charge >= 0.3 is 0 Å². The fourth-order valence-electron chi connectivity index (χ4n) is 4.22. The maximum absolute atomic E-state index is 4.59. The zero-order valence-electron chi connectivity index (χ0n) is 15.4. The van der Waals surface area contributed by atoms with Gasteiger partial charge in [0.05, 0.1) is 5.52 Å². The van der Waals surface area contributed by atoms with E-state index in [1.165, 1.54) is 59.7 Å². The lowest BCUT2D eigenvalue weighted by atomic mass is 9.95. The van der Waals surface area contributed by atoms with Crippen molar-refractivity contribution >= 4 is 57.9 Å². The molecule has 1 aromatic carbocycles. The van der Waals surface area contributed by atoms with Crippen LogP contribution in [0.5, 0.6) is 0 Å². The largest absolute Gasteiger partial charge is 0.382 e. The Hall–Kier alpha value is -1.80. The highest BCUT2D eigenvalue weighted by molar-refractivity contribution is 14.2. The summed E-state index contributed by atoms with van der Waals surface area (Å²) >= 11 is 2.30. The molecule has 0 amide bonds. The number of pyridine rings is 2. The van der Waals surface area contributed by atoms with Gasteiger partial charge in [-0.25, -0.2) is 4.98 Å². The first kappa shape index (κ1) is 18.2. The highest BCUT2D eigenvalue weighted by Gasteiger charge is 2.16. The van der Waals surface area contributed by atoms with E-state index in [-0.39, 0.29) is 0 Å². The molecule has 1 aliphatic carbocycles. The molecule has 142 valence electrons. The maximum Gasteiger partial charge on any atom is 0.151 e. The van der Waals surface area contributed by atoms with Gasteiger partial charge in [-0.15, -0.1) is 0 Å². The first-order valence-corrected chi connectivity index (χ1v) is 13.1. The molecule has 5 rings (SSSR count). The van der Waals surface area contributed by atoms with E-state index in [0.29, 0.717) is 6.04 Å². The molecule has 0 unspecified atom stereocenters. The van der Waals surface area contributed by atoms with Crippen LogP contribution >= 0.6 is 30.3 Å². The summed E-state index contributed by atoms with van der Waals surface area (Å²) in [5.41, 5.74) is 5.65. The second-order valence-electron chi connectivity index (χ2n) is 7.38. The van der Waals surface area contributed by atoms with Gasteiger partial charge in [0.25, 0.3) is 0 Å². The molecule has 0 saturated heterocycles. The molecular formula is C22H21IN4S. The lowest BCUT2D eigenvalue weighted by Gasteiger charge is -2.24. The molecule has 4 aromatic rings. The summed E-state index contributed by atoms with van der Waals surface area (Å²) in [4.78, 5) is 9.16. The van der Waals surface area contributed by atoms with Crippen molar-refractivity contribution in [3.63, 3.8) is 0 Å². The second kappa shape index (κ2) is 7.91. The van der Waals surface area contributed by atoms with Gasteiger partial charge in [-0.2, -0.15) is 0 Å². The van der Waals surface area contributed by atoms with Gasteiger partial charge in [0.15, 0.2) is 5.65 Å². The number of anilines is 1. The molecule has 0 spiro atoms. The number of nitrogens with zero attached hydrogens (tertiary/aromatic N) is 3. The molecule has 1 saturated carbocycles. The van der Waals surface area contributed by atoms with Gasteiger partial charge in [-0.3, -0.25) is 8.96 Å². The van der Waals surface area contributed by atoms with Crippen molar-refractivity contribution in [2.75, 3.05) is 5.32 Å². The first-order chi connectivity index (χ1) is 13.8. The van der Waals surface area contributed by atoms with Crippen molar-refractivity contribution in [3.8, 4) is 11.1 Å². The van der Waals surface area contributed by atoms with Crippen molar-refractivity contribution in [1.29, 1.82) is 0 Å². The molecule has 3 aromatic heterocycles. The van der Waals surface area contributed by atoms with Crippen LogP contribution in [0.25, 0.3) is 33.1 Å². The Balaban J connectivity index is 1.61. The summed E-state index contributed by atoms with van der Waals surface area (Å²) in [7, 11) is 1.64. The standard InChI is InChI=1S/C22H21IN4S/c23-28-27-14-19(17-7-4-11-25-22(17)27)15-8-9-20-18(13-15)21(10-12-24-20)26-16-5-2-1-3-6-16/h4,7-14,16H,1-3,5-6H2,(H,24,26). The van der Waals surface area contributed by atoms with Crippen LogP contribution in [0, 0.1) is 0 Å². The third-order valence-electron chi connectivity index (χ3n) is 5.62. The topological polar surface area (TPSA) is 42.7 Å². The van der Waals surface area contributed by atoms with Crippen LogP contribution in [0.2, 0.25) is 0 Å². The molecule has 28 heavy (non-hydrogen) atoms. The molecule has 0 aliphatic heterocycles. The van der Waals surface area contributed by atoms with Gasteiger partial charge in [0.2, 0.25) is 0 Å². The summed E-state index contributed by atoms with van der Waals surface area (Å²) in [5, 5.41) is 6.16. The van der Waals surface area contributed by atoms with E-state index in [4.69, 9.17) is 0 Å². The summed E-state index contributed by atoms with van der Waals surface area (Å²) in [6, 6.07) is 13.4. The maximum atomic E-state index is 4.59. The summed E-state index contributed by atoms with van der Waals surface area (Å²) < 4.78 is 2.12. The van der Waals surface area contributed by atoms with Crippen molar-refractivity contribution in [3.05, 3.63) is 55.0 Å². The Kier molecular flexibility index (Phi) is 5.15. The predicted octanol–water partition coefficient (Wildman–Crippen LogP) is 6.84. The number of hydrogen-bond donors (Lipinski definition) is 1. The minimum Gasteiger partial charge on any atom is -0.382 e. The number of halogens is 1. The smallest absolute Gasteiger partial charge is 0.151 e. The Bertz CT molecular complexity index is 1130. The third kappa shape index (κ3) is 3.37. The minimum atomic E-state index is 0.574. The lowest BCUT2D eigenvalue weighted by Crippen LogP contribution is -2.22. The molecule has 1 aliphatic rings. The van der Waals surface area contributed by atoms with E-state index in [2.05, 4.69) is 77.0 Å². The van der Waals surface area contributed by atoms with Crippen molar-refractivity contribution in [2.45, 2.75) is 38.1 Å². The first-order valence-electron chi connectivity index (χ1n) is 9.74. The molecule has 0 bridgehead atoms. The van der Waals surface area contributed by atoms with Crippen LogP contribution in [0.3, 0.4) is 0 Å². The Morgan fingerprint density at radius 2 is 1.89 bits per heavy atom. The fourth-order valence-corrected chi connectivity index (χ4v) is 5.48. The summed E-state index contributed by atoms with van der Waals surface area (Å²) in [6.45, 7) is 0. The van der Waals surface area contributed by atoms with E-state index < -0.39 is 0 Å². The lowest BCUT2D eigenvalue weighted by molar-refractivity contribution is 0.463. The molecule has 3 heterocycles. The SMILES string of the molecule is ISn1cc(-c2ccc3nccc(NC4CCCCC4)c3c2)c2cccnc21. The highest BCUT2D eigenvalue weighted by atomic mass is 127. The van der Waals surface area contributed by atoms with Crippen LogP contribution in [-0.2, 0) is 0 Å². The van der Waals surface area contributed by atoms with Crippen LogP contribution in [0.4, 0.5) is 5.69 Å². The van der Waals surface area contributed by atoms with Crippen molar-refractivity contribution in [1.82, 2.24) is 13.9 Å². The van der Waals surface area contributed by atoms with Crippen LogP contribution in [-0.4, -0.2) is 20.0 Å². The van der Waals surface area contributed by atoms with Crippen LogP contribution < -0.4 is 5.32 Å². The van der Waals surface area contributed by atoms with Gasteiger partial charge in [-0.1, -0.05) is 25.3 Å². The Morgan fingerprint density at radius 1 is 1.00 bits per heavy atom. The molecule has 0 radical (unpaired) electrons. The normalized spacial score (nSPS) is 15.3. The molecular weight excluding hydrogens is 479 g/mol. The van der Waals surface area contributed by atoms with Crippen molar-refractivity contribution in [2.24, 2.45) is 0 Å². The Morgan fingerprint density at radius 3 is 2.75 bits per heavy atom.